The van der Waals surface area contributed by atoms with Gasteiger partial charge in [-0.3, -0.25) is 9.59 Å². The van der Waals surface area contributed by atoms with Crippen LogP contribution in [-0.2, 0) is 4.79 Å². The number of carbonyl (C=O) groups excluding carboxylic acids is 2. The molecule has 1 aromatic carbocycles. The molecule has 0 heterocycles. The van der Waals surface area contributed by atoms with Crippen molar-refractivity contribution in [1.82, 2.24) is 10.6 Å². The molecule has 1 rings (SSSR count). The highest BCUT2D eigenvalue weighted by Crippen LogP contribution is 1.97. The molecular weight excluding hydrogens is 242 g/mol. The summed E-state index contributed by atoms with van der Waals surface area (Å²) in [6, 6.07) is 8.77. The van der Waals surface area contributed by atoms with E-state index in [1.807, 2.05) is 13.0 Å². The smallest absolute Gasteiger partial charge is 0.251 e. The standard InChI is InChI=1S/C14H21N3O2/c1-2-6-12(9-15)17-13(18)10-16-14(19)11-7-4-3-5-8-11/h3-5,7-8,12H,2,6,9-10,15H2,1H3,(H,16,19)(H,17,18). The molecule has 2 amide bonds. The van der Waals surface area contributed by atoms with Crippen LogP contribution < -0.4 is 16.4 Å². The van der Waals surface area contributed by atoms with Gasteiger partial charge in [-0.05, 0) is 18.6 Å². The van der Waals surface area contributed by atoms with Gasteiger partial charge in [-0.25, -0.2) is 0 Å². The minimum Gasteiger partial charge on any atom is -0.351 e. The van der Waals surface area contributed by atoms with Gasteiger partial charge in [-0.1, -0.05) is 31.5 Å². The van der Waals surface area contributed by atoms with Crippen LogP contribution in [0.15, 0.2) is 30.3 Å². The quantitative estimate of drug-likeness (QED) is 0.675. The summed E-state index contributed by atoms with van der Waals surface area (Å²) in [5, 5.41) is 5.37. The Labute approximate surface area is 113 Å². The van der Waals surface area contributed by atoms with E-state index < -0.39 is 0 Å². The number of hydrogen-bond acceptors (Lipinski definition) is 3. The summed E-state index contributed by atoms with van der Waals surface area (Å²) in [5.41, 5.74) is 6.09. The van der Waals surface area contributed by atoms with Gasteiger partial charge in [-0.15, -0.1) is 0 Å². The maximum Gasteiger partial charge on any atom is 0.251 e. The van der Waals surface area contributed by atoms with Crippen molar-refractivity contribution in [2.75, 3.05) is 13.1 Å². The van der Waals surface area contributed by atoms with Crippen LogP contribution in [0.4, 0.5) is 0 Å². The van der Waals surface area contributed by atoms with Crippen LogP contribution in [0.25, 0.3) is 0 Å². The second kappa shape index (κ2) is 8.26. The Hall–Kier alpha value is -1.88. The largest absolute Gasteiger partial charge is 0.351 e. The van der Waals surface area contributed by atoms with Crippen LogP contribution >= 0.6 is 0 Å². The molecule has 0 radical (unpaired) electrons. The van der Waals surface area contributed by atoms with E-state index in [4.69, 9.17) is 5.73 Å². The van der Waals surface area contributed by atoms with Crippen molar-refractivity contribution in [3.63, 3.8) is 0 Å². The van der Waals surface area contributed by atoms with Crippen molar-refractivity contribution in [3.8, 4) is 0 Å². The van der Waals surface area contributed by atoms with Gasteiger partial charge in [0.2, 0.25) is 5.91 Å². The molecule has 0 saturated heterocycles. The predicted molar refractivity (Wildman–Crippen MR) is 74.7 cm³/mol. The molecule has 0 aliphatic carbocycles. The fourth-order valence-electron chi connectivity index (χ4n) is 1.73. The number of carbonyl (C=O) groups is 2. The molecule has 0 spiro atoms. The fraction of sp³-hybridized carbons (Fsp3) is 0.429. The lowest BCUT2D eigenvalue weighted by Crippen LogP contribution is -2.45. The van der Waals surface area contributed by atoms with Crippen LogP contribution in [-0.4, -0.2) is 30.9 Å². The summed E-state index contributed by atoms with van der Waals surface area (Å²) in [6.45, 7) is 2.41. The Morgan fingerprint density at radius 2 is 1.95 bits per heavy atom. The summed E-state index contributed by atoms with van der Waals surface area (Å²) in [5.74, 6) is -0.469. The zero-order valence-electron chi connectivity index (χ0n) is 11.2. The molecule has 5 heteroatoms. The van der Waals surface area contributed by atoms with Gasteiger partial charge in [0, 0.05) is 18.2 Å². The Bertz CT molecular complexity index is 406. The minimum atomic E-state index is -0.254. The topological polar surface area (TPSA) is 84.2 Å². The van der Waals surface area contributed by atoms with Gasteiger partial charge in [-0.2, -0.15) is 0 Å². The van der Waals surface area contributed by atoms with Gasteiger partial charge in [0.25, 0.3) is 5.91 Å². The van der Waals surface area contributed by atoms with Crippen molar-refractivity contribution in [2.24, 2.45) is 5.73 Å². The third-order valence-corrected chi connectivity index (χ3v) is 2.73. The summed E-state index contributed by atoms with van der Waals surface area (Å²) in [6.07, 6.45) is 1.80. The first kappa shape index (κ1) is 15.2. The molecule has 0 fully saturated rings. The first-order valence-electron chi connectivity index (χ1n) is 6.50. The van der Waals surface area contributed by atoms with E-state index in [2.05, 4.69) is 10.6 Å². The monoisotopic (exact) mass is 263 g/mol. The first-order chi connectivity index (χ1) is 9.17. The Morgan fingerprint density at radius 1 is 1.26 bits per heavy atom. The minimum absolute atomic E-state index is 0.0221. The van der Waals surface area contributed by atoms with Crippen LogP contribution in [0, 0.1) is 0 Å². The van der Waals surface area contributed by atoms with Crippen molar-refractivity contribution in [3.05, 3.63) is 35.9 Å². The molecule has 0 bridgehead atoms. The maximum atomic E-state index is 11.7. The molecule has 19 heavy (non-hydrogen) atoms. The number of benzene rings is 1. The van der Waals surface area contributed by atoms with Gasteiger partial charge >= 0.3 is 0 Å². The summed E-state index contributed by atoms with van der Waals surface area (Å²) < 4.78 is 0. The van der Waals surface area contributed by atoms with Crippen LogP contribution in [0.5, 0.6) is 0 Å². The van der Waals surface area contributed by atoms with E-state index >= 15 is 0 Å². The second-order valence-electron chi connectivity index (χ2n) is 4.34. The molecule has 1 unspecified atom stereocenters. The molecular formula is C14H21N3O2. The Balaban J connectivity index is 2.36. The lowest BCUT2D eigenvalue weighted by Gasteiger charge is -2.16. The van der Waals surface area contributed by atoms with Gasteiger partial charge in [0.15, 0.2) is 0 Å². The number of rotatable bonds is 7. The third-order valence-electron chi connectivity index (χ3n) is 2.73. The number of amides is 2. The number of nitrogens with two attached hydrogens (primary N) is 1. The summed E-state index contributed by atoms with van der Waals surface area (Å²) in [4.78, 5) is 23.4. The first-order valence-corrected chi connectivity index (χ1v) is 6.50. The molecule has 104 valence electrons. The Kier molecular flexibility index (Phi) is 6.60. The van der Waals surface area contributed by atoms with E-state index in [-0.39, 0.29) is 24.4 Å². The molecule has 0 aliphatic rings. The highest BCUT2D eigenvalue weighted by molar-refractivity contribution is 5.96. The van der Waals surface area contributed by atoms with Crippen molar-refractivity contribution < 1.29 is 9.59 Å². The summed E-state index contributed by atoms with van der Waals surface area (Å²) >= 11 is 0. The van der Waals surface area contributed by atoms with E-state index in [9.17, 15) is 9.59 Å². The molecule has 0 aliphatic heterocycles. The van der Waals surface area contributed by atoms with Gasteiger partial charge in [0.05, 0.1) is 6.54 Å². The van der Waals surface area contributed by atoms with Gasteiger partial charge < -0.3 is 16.4 Å². The zero-order chi connectivity index (χ0) is 14.1. The van der Waals surface area contributed by atoms with E-state index in [0.717, 1.165) is 12.8 Å². The third kappa shape index (κ3) is 5.52. The summed E-state index contributed by atoms with van der Waals surface area (Å²) in [7, 11) is 0. The lowest BCUT2D eigenvalue weighted by molar-refractivity contribution is -0.120. The highest BCUT2D eigenvalue weighted by atomic mass is 16.2. The van der Waals surface area contributed by atoms with E-state index in [1.54, 1.807) is 24.3 Å². The molecule has 0 saturated carbocycles. The maximum absolute atomic E-state index is 11.7. The molecule has 5 nitrogen and oxygen atoms in total. The van der Waals surface area contributed by atoms with Crippen molar-refractivity contribution >= 4 is 11.8 Å². The zero-order valence-corrected chi connectivity index (χ0v) is 11.2. The van der Waals surface area contributed by atoms with Crippen molar-refractivity contribution in [1.29, 1.82) is 0 Å². The average Bonchev–Trinajstić information content (AvgIpc) is 2.45. The van der Waals surface area contributed by atoms with Crippen LogP contribution in [0.1, 0.15) is 30.1 Å². The highest BCUT2D eigenvalue weighted by Gasteiger charge is 2.11. The number of hydrogen-bond donors (Lipinski definition) is 3. The van der Waals surface area contributed by atoms with Crippen molar-refractivity contribution in [2.45, 2.75) is 25.8 Å². The molecule has 1 atom stereocenters. The lowest BCUT2D eigenvalue weighted by atomic mass is 10.1. The number of nitrogens with one attached hydrogen (secondary N) is 2. The molecule has 1 aromatic rings. The van der Waals surface area contributed by atoms with E-state index in [0.29, 0.717) is 12.1 Å². The van der Waals surface area contributed by atoms with Crippen LogP contribution in [0.2, 0.25) is 0 Å². The SMILES string of the molecule is CCCC(CN)NC(=O)CNC(=O)c1ccccc1. The Morgan fingerprint density at radius 3 is 2.53 bits per heavy atom. The second-order valence-corrected chi connectivity index (χ2v) is 4.34. The molecule has 4 N–H and O–H groups in total. The van der Waals surface area contributed by atoms with Crippen LogP contribution in [0.3, 0.4) is 0 Å². The van der Waals surface area contributed by atoms with Gasteiger partial charge in [0.1, 0.15) is 0 Å². The predicted octanol–water partition coefficient (Wildman–Crippen LogP) is 0.660. The molecule has 0 aromatic heterocycles. The van der Waals surface area contributed by atoms with E-state index in [1.165, 1.54) is 0 Å². The fourth-order valence-corrected chi connectivity index (χ4v) is 1.73. The average molecular weight is 263 g/mol. The normalized spacial score (nSPS) is 11.7.